The zero-order valence-corrected chi connectivity index (χ0v) is 18.0. The third kappa shape index (κ3) is 7.60. The van der Waals surface area contributed by atoms with Crippen molar-refractivity contribution in [3.8, 4) is 11.5 Å². The minimum Gasteiger partial charge on any atom is -0.507 e. The molecule has 150 valence electrons. The van der Waals surface area contributed by atoms with Crippen LogP contribution in [0.25, 0.3) is 0 Å². The molecule has 0 heterocycles. The molecule has 0 aliphatic carbocycles. The Morgan fingerprint density at radius 2 is 1.42 bits per heavy atom. The largest absolute Gasteiger partial charge is 0.507 e. The maximum atomic E-state index is 10.6. The Hall–Kier alpha value is -1.18. The Labute approximate surface area is 162 Å². The van der Waals surface area contributed by atoms with Crippen molar-refractivity contribution in [2.75, 3.05) is 6.61 Å². The van der Waals surface area contributed by atoms with Gasteiger partial charge in [-0.2, -0.15) is 0 Å². The van der Waals surface area contributed by atoms with Crippen LogP contribution in [0.2, 0.25) is 0 Å². The molecular formula is C24H42O2. The molecule has 0 spiro atoms. The lowest BCUT2D eigenvalue weighted by molar-refractivity contribution is 0.305. The SMILES string of the molecule is CCCCCCCCCCC(C)c1cc(OCCCC)c(C)c(C)c1O. The number of hydrogen-bond donors (Lipinski definition) is 1. The Morgan fingerprint density at radius 3 is 2.04 bits per heavy atom. The Bertz CT molecular complexity index is 507. The van der Waals surface area contributed by atoms with E-state index in [1.54, 1.807) is 0 Å². The van der Waals surface area contributed by atoms with Gasteiger partial charge < -0.3 is 9.84 Å². The van der Waals surface area contributed by atoms with Crippen LogP contribution in [0.4, 0.5) is 0 Å². The highest BCUT2D eigenvalue weighted by Crippen LogP contribution is 2.38. The van der Waals surface area contributed by atoms with Crippen molar-refractivity contribution in [3.05, 3.63) is 22.8 Å². The van der Waals surface area contributed by atoms with E-state index < -0.39 is 0 Å². The number of ether oxygens (including phenoxy) is 1. The molecule has 1 unspecified atom stereocenters. The van der Waals surface area contributed by atoms with E-state index in [-0.39, 0.29) is 0 Å². The van der Waals surface area contributed by atoms with Crippen molar-refractivity contribution >= 4 is 0 Å². The fraction of sp³-hybridized carbons (Fsp3) is 0.750. The van der Waals surface area contributed by atoms with E-state index in [0.717, 1.165) is 48.3 Å². The molecule has 0 saturated heterocycles. The Kier molecular flexibility index (Phi) is 11.5. The zero-order chi connectivity index (χ0) is 19.4. The van der Waals surface area contributed by atoms with Crippen molar-refractivity contribution in [1.29, 1.82) is 0 Å². The molecule has 0 radical (unpaired) electrons. The van der Waals surface area contributed by atoms with Gasteiger partial charge >= 0.3 is 0 Å². The van der Waals surface area contributed by atoms with Crippen LogP contribution in [0.15, 0.2) is 6.07 Å². The number of phenolic OH excluding ortho intramolecular Hbond substituents is 1. The van der Waals surface area contributed by atoms with Gasteiger partial charge in [-0.15, -0.1) is 0 Å². The molecular weight excluding hydrogens is 320 g/mol. The van der Waals surface area contributed by atoms with Crippen molar-refractivity contribution in [3.63, 3.8) is 0 Å². The smallest absolute Gasteiger partial charge is 0.123 e. The zero-order valence-electron chi connectivity index (χ0n) is 18.0. The molecule has 0 amide bonds. The van der Waals surface area contributed by atoms with E-state index in [1.807, 2.05) is 13.8 Å². The molecule has 0 saturated carbocycles. The highest BCUT2D eigenvalue weighted by Gasteiger charge is 2.17. The molecule has 1 aromatic carbocycles. The lowest BCUT2D eigenvalue weighted by atomic mass is 9.90. The minimum absolute atomic E-state index is 0.378. The van der Waals surface area contributed by atoms with Crippen molar-refractivity contribution in [2.24, 2.45) is 0 Å². The van der Waals surface area contributed by atoms with Crippen LogP contribution >= 0.6 is 0 Å². The Morgan fingerprint density at radius 1 is 0.846 bits per heavy atom. The molecule has 1 aromatic rings. The molecule has 1 N–H and O–H groups in total. The van der Waals surface area contributed by atoms with Crippen LogP contribution in [0, 0.1) is 13.8 Å². The average molecular weight is 363 g/mol. The first-order valence-corrected chi connectivity index (χ1v) is 11.0. The second-order valence-electron chi connectivity index (χ2n) is 7.93. The highest BCUT2D eigenvalue weighted by molar-refractivity contribution is 5.53. The lowest BCUT2D eigenvalue weighted by Crippen LogP contribution is -2.03. The summed E-state index contributed by atoms with van der Waals surface area (Å²) in [7, 11) is 0. The monoisotopic (exact) mass is 362 g/mol. The van der Waals surface area contributed by atoms with Gasteiger partial charge in [-0.25, -0.2) is 0 Å². The normalized spacial score (nSPS) is 12.3. The summed E-state index contributed by atoms with van der Waals surface area (Å²) >= 11 is 0. The third-order valence-corrected chi connectivity index (χ3v) is 5.62. The van der Waals surface area contributed by atoms with Crippen LogP contribution in [0.5, 0.6) is 11.5 Å². The first-order valence-electron chi connectivity index (χ1n) is 11.0. The molecule has 2 nitrogen and oxygen atoms in total. The second kappa shape index (κ2) is 13.1. The summed E-state index contributed by atoms with van der Waals surface area (Å²) in [6, 6.07) is 2.09. The predicted molar refractivity (Wildman–Crippen MR) is 114 cm³/mol. The van der Waals surface area contributed by atoms with E-state index >= 15 is 0 Å². The highest BCUT2D eigenvalue weighted by atomic mass is 16.5. The van der Waals surface area contributed by atoms with Gasteiger partial charge in [-0.1, -0.05) is 78.6 Å². The number of unbranched alkanes of at least 4 members (excludes halogenated alkanes) is 8. The number of benzene rings is 1. The number of phenols is 1. The molecule has 0 bridgehead atoms. The van der Waals surface area contributed by atoms with Crippen molar-refractivity contribution in [2.45, 2.75) is 111 Å². The molecule has 0 aliphatic rings. The molecule has 2 heteroatoms. The fourth-order valence-corrected chi connectivity index (χ4v) is 3.49. The first kappa shape index (κ1) is 22.9. The molecule has 1 atom stereocenters. The first-order chi connectivity index (χ1) is 12.5. The summed E-state index contributed by atoms with van der Waals surface area (Å²) in [4.78, 5) is 0. The number of rotatable bonds is 14. The quantitative estimate of drug-likeness (QED) is 0.342. The standard InChI is InChI=1S/C24H42O2/c1-6-8-10-11-12-13-14-15-16-19(3)22-18-23(26-17-9-7-2)20(4)21(5)24(22)25/h18-19,25H,6-17H2,1-5H3. The minimum atomic E-state index is 0.378. The fourth-order valence-electron chi connectivity index (χ4n) is 3.49. The van der Waals surface area contributed by atoms with Crippen molar-refractivity contribution < 1.29 is 9.84 Å². The summed E-state index contributed by atoms with van der Waals surface area (Å²) in [5.41, 5.74) is 3.10. The summed E-state index contributed by atoms with van der Waals surface area (Å²) < 4.78 is 5.98. The van der Waals surface area contributed by atoms with E-state index in [9.17, 15) is 5.11 Å². The topological polar surface area (TPSA) is 29.5 Å². The average Bonchev–Trinajstić information content (AvgIpc) is 2.63. The van der Waals surface area contributed by atoms with E-state index in [2.05, 4.69) is 26.8 Å². The van der Waals surface area contributed by atoms with Crippen LogP contribution < -0.4 is 4.74 Å². The molecule has 0 aromatic heterocycles. The van der Waals surface area contributed by atoms with E-state index in [1.165, 1.54) is 51.4 Å². The number of hydrogen-bond acceptors (Lipinski definition) is 2. The summed E-state index contributed by atoms with van der Waals surface area (Å²) in [5, 5.41) is 10.6. The van der Waals surface area contributed by atoms with Gasteiger partial charge in [0.1, 0.15) is 11.5 Å². The molecule has 26 heavy (non-hydrogen) atoms. The van der Waals surface area contributed by atoms with E-state index in [4.69, 9.17) is 4.74 Å². The van der Waals surface area contributed by atoms with Crippen LogP contribution in [-0.4, -0.2) is 11.7 Å². The summed E-state index contributed by atoms with van der Waals surface area (Å²) in [5.74, 6) is 1.80. The van der Waals surface area contributed by atoms with Crippen LogP contribution in [0.1, 0.15) is 114 Å². The van der Waals surface area contributed by atoms with Gasteiger partial charge in [0.25, 0.3) is 0 Å². The third-order valence-electron chi connectivity index (χ3n) is 5.62. The summed E-state index contributed by atoms with van der Waals surface area (Å²) in [6.45, 7) is 11.5. The predicted octanol–water partition coefficient (Wildman–Crippen LogP) is 7.82. The molecule has 0 aliphatic heterocycles. The maximum absolute atomic E-state index is 10.6. The molecule has 1 rings (SSSR count). The van der Waals surface area contributed by atoms with Gasteiger partial charge in [0.05, 0.1) is 6.61 Å². The van der Waals surface area contributed by atoms with Crippen LogP contribution in [0.3, 0.4) is 0 Å². The van der Waals surface area contributed by atoms with Gasteiger partial charge in [0.2, 0.25) is 0 Å². The Balaban J connectivity index is 2.52. The number of aromatic hydroxyl groups is 1. The maximum Gasteiger partial charge on any atom is 0.123 e. The lowest BCUT2D eigenvalue weighted by Gasteiger charge is -2.19. The van der Waals surface area contributed by atoms with Gasteiger partial charge in [-0.3, -0.25) is 0 Å². The van der Waals surface area contributed by atoms with Gasteiger partial charge in [0, 0.05) is 5.56 Å². The van der Waals surface area contributed by atoms with Gasteiger partial charge in [-0.05, 0) is 49.8 Å². The van der Waals surface area contributed by atoms with Gasteiger partial charge in [0.15, 0.2) is 0 Å². The van der Waals surface area contributed by atoms with Crippen LogP contribution in [-0.2, 0) is 0 Å². The van der Waals surface area contributed by atoms with E-state index in [0.29, 0.717) is 11.7 Å². The van der Waals surface area contributed by atoms with Crippen molar-refractivity contribution in [1.82, 2.24) is 0 Å². The summed E-state index contributed by atoms with van der Waals surface area (Å²) in [6.07, 6.45) is 14.1. The second-order valence-corrected chi connectivity index (χ2v) is 7.93. The molecule has 0 fully saturated rings.